The van der Waals surface area contributed by atoms with E-state index < -0.39 is 5.97 Å². The minimum atomic E-state index is -0.681. The Morgan fingerprint density at radius 1 is 1.00 bits per heavy atom. The van der Waals surface area contributed by atoms with Crippen LogP contribution in [-0.4, -0.2) is 30.3 Å². The van der Waals surface area contributed by atoms with Gasteiger partial charge in [-0.3, -0.25) is 9.59 Å². The van der Waals surface area contributed by atoms with E-state index >= 15 is 0 Å². The van der Waals surface area contributed by atoms with E-state index in [-0.39, 0.29) is 35.5 Å². The summed E-state index contributed by atoms with van der Waals surface area (Å²) in [7, 11) is 0. The predicted octanol–water partition coefficient (Wildman–Crippen LogP) is 2.99. The van der Waals surface area contributed by atoms with Crippen molar-refractivity contribution in [3.63, 3.8) is 0 Å². The fourth-order valence-corrected chi connectivity index (χ4v) is 2.82. The van der Waals surface area contributed by atoms with Gasteiger partial charge in [-0.15, -0.1) is 0 Å². The summed E-state index contributed by atoms with van der Waals surface area (Å²) < 4.78 is 5.11. The maximum Gasteiger partial charge on any atom is 0.339 e. The van der Waals surface area contributed by atoms with Gasteiger partial charge in [-0.2, -0.15) is 0 Å². The average Bonchev–Trinajstić information content (AvgIpc) is 3.51. The smallest absolute Gasteiger partial charge is 0.339 e. The van der Waals surface area contributed by atoms with E-state index in [1.165, 1.54) is 6.07 Å². The third-order valence-corrected chi connectivity index (χ3v) is 4.48. The van der Waals surface area contributed by atoms with Crippen LogP contribution in [0.2, 0.25) is 0 Å². The molecule has 26 heavy (non-hydrogen) atoms. The van der Waals surface area contributed by atoms with Gasteiger partial charge in [0.2, 0.25) is 0 Å². The Hall–Kier alpha value is -2.95. The summed E-state index contributed by atoms with van der Waals surface area (Å²) in [6.45, 7) is 1.59. The molecule has 0 aromatic heterocycles. The molecule has 1 amide bonds. The summed E-state index contributed by atoms with van der Waals surface area (Å²) in [5, 5.41) is 2.83. The van der Waals surface area contributed by atoms with Gasteiger partial charge in [0.1, 0.15) is 0 Å². The molecule has 1 saturated carbocycles. The molecule has 5 heteroatoms. The van der Waals surface area contributed by atoms with Gasteiger partial charge in [-0.1, -0.05) is 48.5 Å². The molecule has 2 aromatic carbocycles. The lowest BCUT2D eigenvalue weighted by molar-refractivity contribution is -0.124. The molecule has 1 N–H and O–H groups in total. The maximum atomic E-state index is 12.7. The fourth-order valence-electron chi connectivity index (χ4n) is 2.82. The first kappa shape index (κ1) is 17.9. The van der Waals surface area contributed by atoms with Crippen molar-refractivity contribution in [2.45, 2.75) is 25.8 Å². The highest BCUT2D eigenvalue weighted by Gasteiger charge is 2.29. The predicted molar refractivity (Wildman–Crippen MR) is 96.9 cm³/mol. The van der Waals surface area contributed by atoms with Crippen LogP contribution in [0.3, 0.4) is 0 Å². The van der Waals surface area contributed by atoms with Gasteiger partial charge < -0.3 is 10.1 Å². The van der Waals surface area contributed by atoms with Gasteiger partial charge in [0.25, 0.3) is 5.91 Å². The van der Waals surface area contributed by atoms with E-state index in [1.807, 2.05) is 13.0 Å². The monoisotopic (exact) mass is 351 g/mol. The minimum Gasteiger partial charge on any atom is -0.452 e. The van der Waals surface area contributed by atoms with Crippen LogP contribution in [-0.2, 0) is 9.53 Å². The SMILES string of the molecule is C[C@H](NC(=O)COC(=O)c1ccccc1C(=O)c1ccccc1)C1CC1. The summed E-state index contributed by atoms with van der Waals surface area (Å²) in [5.41, 5.74) is 0.906. The van der Waals surface area contributed by atoms with Crippen molar-refractivity contribution >= 4 is 17.7 Å². The van der Waals surface area contributed by atoms with Crippen LogP contribution in [0, 0.1) is 5.92 Å². The standard InChI is InChI=1S/C21H21NO4/c1-14(15-11-12-15)22-19(23)13-26-21(25)18-10-6-5-9-17(18)20(24)16-7-3-2-4-8-16/h2-10,14-15H,11-13H2,1H3,(H,22,23)/t14-/m0/s1. The largest absolute Gasteiger partial charge is 0.452 e. The molecule has 1 fully saturated rings. The Balaban J connectivity index is 1.66. The molecule has 0 bridgehead atoms. The van der Waals surface area contributed by atoms with Crippen molar-refractivity contribution in [1.82, 2.24) is 5.32 Å². The van der Waals surface area contributed by atoms with Crippen molar-refractivity contribution in [3.05, 3.63) is 71.3 Å². The fraction of sp³-hybridized carbons (Fsp3) is 0.286. The molecule has 0 spiro atoms. The number of nitrogens with one attached hydrogen (secondary N) is 1. The summed E-state index contributed by atoms with van der Waals surface area (Å²) in [4.78, 5) is 36.9. The number of carbonyl (C=O) groups is 3. The molecule has 0 heterocycles. The van der Waals surface area contributed by atoms with Gasteiger partial charge in [0.05, 0.1) is 5.56 Å². The van der Waals surface area contributed by atoms with E-state index in [1.54, 1.807) is 42.5 Å². The van der Waals surface area contributed by atoms with E-state index in [4.69, 9.17) is 4.74 Å². The van der Waals surface area contributed by atoms with E-state index in [0.29, 0.717) is 11.5 Å². The molecule has 2 aromatic rings. The van der Waals surface area contributed by atoms with Crippen LogP contribution in [0.4, 0.5) is 0 Å². The van der Waals surface area contributed by atoms with Gasteiger partial charge in [0, 0.05) is 17.2 Å². The Bertz CT molecular complexity index is 812. The highest BCUT2D eigenvalue weighted by atomic mass is 16.5. The molecule has 1 aliphatic rings. The van der Waals surface area contributed by atoms with Crippen molar-refractivity contribution < 1.29 is 19.1 Å². The first-order valence-electron chi connectivity index (χ1n) is 8.71. The highest BCUT2D eigenvalue weighted by molar-refractivity contribution is 6.14. The van der Waals surface area contributed by atoms with E-state index in [2.05, 4.69) is 5.32 Å². The number of ether oxygens (including phenoxy) is 1. The van der Waals surface area contributed by atoms with Crippen LogP contribution >= 0.6 is 0 Å². The lowest BCUT2D eigenvalue weighted by Gasteiger charge is -2.13. The highest BCUT2D eigenvalue weighted by Crippen LogP contribution is 2.32. The zero-order chi connectivity index (χ0) is 18.5. The van der Waals surface area contributed by atoms with Crippen LogP contribution in [0.1, 0.15) is 46.0 Å². The summed E-state index contributed by atoms with van der Waals surface area (Å²) >= 11 is 0. The van der Waals surface area contributed by atoms with Crippen LogP contribution < -0.4 is 5.32 Å². The van der Waals surface area contributed by atoms with Crippen molar-refractivity contribution in [2.75, 3.05) is 6.61 Å². The number of carbonyl (C=O) groups excluding carboxylic acids is 3. The molecular formula is C21H21NO4. The second-order valence-electron chi connectivity index (χ2n) is 6.51. The Morgan fingerprint density at radius 2 is 1.62 bits per heavy atom. The van der Waals surface area contributed by atoms with E-state index in [9.17, 15) is 14.4 Å². The number of hydrogen-bond donors (Lipinski definition) is 1. The second-order valence-corrected chi connectivity index (χ2v) is 6.51. The molecule has 1 aliphatic carbocycles. The normalized spacial score (nSPS) is 14.3. The van der Waals surface area contributed by atoms with Gasteiger partial charge in [-0.25, -0.2) is 4.79 Å². The molecule has 0 aliphatic heterocycles. The Morgan fingerprint density at radius 3 is 2.27 bits per heavy atom. The second kappa shape index (κ2) is 7.95. The first-order valence-corrected chi connectivity index (χ1v) is 8.71. The van der Waals surface area contributed by atoms with E-state index in [0.717, 1.165) is 12.8 Å². The zero-order valence-electron chi connectivity index (χ0n) is 14.6. The first-order chi connectivity index (χ1) is 12.6. The van der Waals surface area contributed by atoms with Gasteiger partial charge in [-0.05, 0) is 31.7 Å². The molecule has 0 radical (unpaired) electrons. The molecule has 3 rings (SSSR count). The van der Waals surface area contributed by atoms with Crippen molar-refractivity contribution in [1.29, 1.82) is 0 Å². The quantitative estimate of drug-likeness (QED) is 0.615. The number of rotatable bonds is 7. The van der Waals surface area contributed by atoms with Crippen molar-refractivity contribution in [3.8, 4) is 0 Å². The summed E-state index contributed by atoms with van der Waals surface area (Å²) in [6.07, 6.45) is 2.24. The Kier molecular flexibility index (Phi) is 5.46. The summed E-state index contributed by atoms with van der Waals surface area (Å²) in [6, 6.07) is 15.3. The van der Waals surface area contributed by atoms with Crippen molar-refractivity contribution in [2.24, 2.45) is 5.92 Å². The number of esters is 1. The van der Waals surface area contributed by atoms with Crippen LogP contribution in [0.5, 0.6) is 0 Å². The molecule has 5 nitrogen and oxygen atoms in total. The average molecular weight is 351 g/mol. The molecular weight excluding hydrogens is 330 g/mol. The topological polar surface area (TPSA) is 72.5 Å². The number of hydrogen-bond acceptors (Lipinski definition) is 4. The zero-order valence-corrected chi connectivity index (χ0v) is 14.6. The lowest BCUT2D eigenvalue weighted by Crippen LogP contribution is -2.37. The van der Waals surface area contributed by atoms with Gasteiger partial charge in [0.15, 0.2) is 12.4 Å². The lowest BCUT2D eigenvalue weighted by atomic mass is 9.98. The van der Waals surface area contributed by atoms with Gasteiger partial charge >= 0.3 is 5.97 Å². The Labute approximate surface area is 152 Å². The molecule has 134 valence electrons. The third kappa shape index (κ3) is 4.36. The molecule has 0 unspecified atom stereocenters. The molecule has 0 saturated heterocycles. The number of benzene rings is 2. The molecule has 1 atom stereocenters. The number of ketones is 1. The van der Waals surface area contributed by atoms with Crippen LogP contribution in [0.15, 0.2) is 54.6 Å². The minimum absolute atomic E-state index is 0.0909. The van der Waals surface area contributed by atoms with Crippen LogP contribution in [0.25, 0.3) is 0 Å². The third-order valence-electron chi connectivity index (χ3n) is 4.48. The number of amides is 1. The maximum absolute atomic E-state index is 12.7. The summed E-state index contributed by atoms with van der Waals surface area (Å²) in [5.74, 6) is -0.743.